The summed E-state index contributed by atoms with van der Waals surface area (Å²) < 4.78 is 18.2. The van der Waals surface area contributed by atoms with Crippen molar-refractivity contribution in [3.8, 4) is 16.3 Å². The largest absolute Gasteiger partial charge is 0.480 e. The lowest BCUT2D eigenvalue weighted by atomic mass is 10.2. The lowest BCUT2D eigenvalue weighted by Gasteiger charge is -2.35. The van der Waals surface area contributed by atoms with E-state index in [9.17, 15) is 9.18 Å². The van der Waals surface area contributed by atoms with E-state index in [1.807, 2.05) is 17.0 Å². The molecule has 1 saturated heterocycles. The van der Waals surface area contributed by atoms with Gasteiger partial charge in [-0.3, -0.25) is 9.78 Å². The van der Waals surface area contributed by atoms with Gasteiger partial charge in [0.1, 0.15) is 5.82 Å². The number of ether oxygens (including phenoxy) is 1. The normalized spacial score (nSPS) is 14.2. The molecule has 0 radical (unpaired) electrons. The Morgan fingerprint density at radius 2 is 1.82 bits per heavy atom. The summed E-state index contributed by atoms with van der Waals surface area (Å²) in [5.41, 5.74) is 0.909. The molecule has 0 N–H and O–H groups in total. The van der Waals surface area contributed by atoms with Gasteiger partial charge in [0.25, 0.3) is 5.91 Å². The van der Waals surface area contributed by atoms with Crippen LogP contribution in [0.2, 0.25) is 0 Å². The highest BCUT2D eigenvalue weighted by molar-refractivity contribution is 7.17. The fourth-order valence-electron chi connectivity index (χ4n) is 3.11. The Hall–Kier alpha value is -3.00. The fraction of sp³-hybridized carbons (Fsp3) is 0.250. The summed E-state index contributed by atoms with van der Waals surface area (Å²) in [7, 11) is 1.56. The summed E-state index contributed by atoms with van der Waals surface area (Å²) in [6, 6.07) is 10.1. The number of anilines is 1. The topological polar surface area (TPSA) is 58.6 Å². The van der Waals surface area contributed by atoms with Gasteiger partial charge in [-0.1, -0.05) is 12.1 Å². The van der Waals surface area contributed by atoms with Gasteiger partial charge < -0.3 is 14.5 Å². The van der Waals surface area contributed by atoms with Crippen LogP contribution in [0, 0.1) is 5.82 Å². The number of methoxy groups -OCH3 is 1. The number of piperazine rings is 1. The van der Waals surface area contributed by atoms with Gasteiger partial charge in [0, 0.05) is 31.1 Å². The molecule has 0 saturated carbocycles. The molecule has 1 amide bonds. The second-order valence-corrected chi connectivity index (χ2v) is 7.45. The second-order valence-electron chi connectivity index (χ2n) is 6.37. The average molecular weight is 398 g/mol. The van der Waals surface area contributed by atoms with Crippen LogP contribution in [0.5, 0.6) is 5.88 Å². The van der Waals surface area contributed by atoms with Gasteiger partial charge in [0.15, 0.2) is 5.82 Å². The van der Waals surface area contributed by atoms with Gasteiger partial charge in [-0.2, -0.15) is 4.98 Å². The Morgan fingerprint density at radius 3 is 2.54 bits per heavy atom. The molecule has 2 aromatic heterocycles. The van der Waals surface area contributed by atoms with Gasteiger partial charge in [-0.25, -0.2) is 4.39 Å². The first-order chi connectivity index (χ1) is 13.6. The maximum absolute atomic E-state index is 13.1. The molecule has 3 aromatic rings. The Morgan fingerprint density at radius 1 is 1.07 bits per heavy atom. The minimum Gasteiger partial charge on any atom is -0.480 e. The number of hydrogen-bond donors (Lipinski definition) is 0. The predicted molar refractivity (Wildman–Crippen MR) is 106 cm³/mol. The zero-order valence-electron chi connectivity index (χ0n) is 15.3. The number of rotatable bonds is 4. The van der Waals surface area contributed by atoms with Gasteiger partial charge in [0.2, 0.25) is 5.88 Å². The standard InChI is InChI=1S/C20H19FN4O2S/c1-27-19-13-22-12-18(23-19)24-8-10-25(11-9-24)20(26)17-7-6-16(28-17)14-2-4-15(21)5-3-14/h2-7,12-13H,8-11H2,1H3. The van der Waals surface area contributed by atoms with Crippen LogP contribution in [0.4, 0.5) is 10.2 Å². The number of amides is 1. The van der Waals surface area contributed by atoms with E-state index in [1.54, 1.807) is 31.6 Å². The predicted octanol–water partition coefficient (Wildman–Crippen LogP) is 3.32. The molecule has 4 rings (SSSR count). The van der Waals surface area contributed by atoms with Crippen LogP contribution >= 0.6 is 11.3 Å². The van der Waals surface area contributed by atoms with Crippen molar-refractivity contribution in [3.63, 3.8) is 0 Å². The van der Waals surface area contributed by atoms with Crippen LogP contribution < -0.4 is 9.64 Å². The van der Waals surface area contributed by atoms with Crippen LogP contribution in [0.25, 0.3) is 10.4 Å². The number of halogens is 1. The molecule has 1 aromatic carbocycles. The molecule has 3 heterocycles. The first-order valence-electron chi connectivity index (χ1n) is 8.90. The average Bonchev–Trinajstić information content (AvgIpc) is 3.24. The first-order valence-corrected chi connectivity index (χ1v) is 9.72. The highest BCUT2D eigenvalue weighted by Crippen LogP contribution is 2.29. The number of aromatic nitrogens is 2. The maximum atomic E-state index is 13.1. The highest BCUT2D eigenvalue weighted by Gasteiger charge is 2.24. The zero-order chi connectivity index (χ0) is 19.5. The van der Waals surface area contributed by atoms with Crippen LogP contribution in [0.1, 0.15) is 9.67 Å². The Labute approximate surface area is 166 Å². The molecule has 8 heteroatoms. The third-order valence-electron chi connectivity index (χ3n) is 4.65. The monoisotopic (exact) mass is 398 g/mol. The van der Waals surface area contributed by atoms with E-state index in [0.717, 1.165) is 16.3 Å². The van der Waals surface area contributed by atoms with Crippen molar-refractivity contribution in [2.75, 3.05) is 38.2 Å². The van der Waals surface area contributed by atoms with E-state index >= 15 is 0 Å². The molecule has 0 atom stereocenters. The number of hydrogen-bond acceptors (Lipinski definition) is 6. The second kappa shape index (κ2) is 7.93. The molecule has 1 aliphatic rings. The van der Waals surface area contributed by atoms with Crippen molar-refractivity contribution in [3.05, 3.63) is 59.5 Å². The van der Waals surface area contributed by atoms with E-state index in [0.29, 0.717) is 36.9 Å². The summed E-state index contributed by atoms with van der Waals surface area (Å²) in [6.07, 6.45) is 3.27. The minimum absolute atomic E-state index is 0.0229. The fourth-order valence-corrected chi connectivity index (χ4v) is 4.09. The highest BCUT2D eigenvalue weighted by atomic mass is 32.1. The summed E-state index contributed by atoms with van der Waals surface area (Å²) in [6.45, 7) is 2.59. The van der Waals surface area contributed by atoms with Crippen molar-refractivity contribution in [2.45, 2.75) is 0 Å². The van der Waals surface area contributed by atoms with E-state index in [4.69, 9.17) is 4.74 Å². The van der Waals surface area contributed by atoms with Crippen LogP contribution in [0.15, 0.2) is 48.8 Å². The zero-order valence-corrected chi connectivity index (χ0v) is 16.2. The number of benzene rings is 1. The molecule has 0 aliphatic carbocycles. The van der Waals surface area contributed by atoms with Crippen LogP contribution in [-0.2, 0) is 0 Å². The maximum Gasteiger partial charge on any atom is 0.264 e. The van der Waals surface area contributed by atoms with Crippen molar-refractivity contribution in [1.82, 2.24) is 14.9 Å². The lowest BCUT2D eigenvalue weighted by molar-refractivity contribution is 0.0751. The van der Waals surface area contributed by atoms with E-state index in [-0.39, 0.29) is 11.7 Å². The molecule has 0 unspecified atom stereocenters. The minimum atomic E-state index is -0.268. The van der Waals surface area contributed by atoms with Gasteiger partial charge in [-0.05, 0) is 29.8 Å². The number of nitrogens with zero attached hydrogens (tertiary/aromatic N) is 4. The van der Waals surface area contributed by atoms with E-state index in [2.05, 4.69) is 14.9 Å². The first kappa shape index (κ1) is 18.4. The quantitative estimate of drug-likeness (QED) is 0.675. The number of carbonyl (C=O) groups is 1. The van der Waals surface area contributed by atoms with Crippen LogP contribution in [-0.4, -0.2) is 54.1 Å². The SMILES string of the molecule is COc1cncc(N2CCN(C(=O)c3ccc(-c4ccc(F)cc4)s3)CC2)n1. The smallest absolute Gasteiger partial charge is 0.264 e. The van der Waals surface area contributed by atoms with Crippen molar-refractivity contribution < 1.29 is 13.9 Å². The van der Waals surface area contributed by atoms with Gasteiger partial charge in [0.05, 0.1) is 24.4 Å². The van der Waals surface area contributed by atoms with Crippen molar-refractivity contribution in [2.24, 2.45) is 0 Å². The van der Waals surface area contributed by atoms with E-state index in [1.165, 1.54) is 23.5 Å². The Kier molecular flexibility index (Phi) is 5.21. The Bertz CT molecular complexity index is 968. The molecule has 1 fully saturated rings. The summed E-state index contributed by atoms with van der Waals surface area (Å²) in [5.74, 6) is 0.981. The third kappa shape index (κ3) is 3.82. The van der Waals surface area contributed by atoms with Crippen molar-refractivity contribution in [1.29, 1.82) is 0 Å². The van der Waals surface area contributed by atoms with E-state index < -0.39 is 0 Å². The molecular formula is C20H19FN4O2S. The lowest BCUT2D eigenvalue weighted by Crippen LogP contribution is -2.48. The number of carbonyl (C=O) groups excluding carboxylic acids is 1. The summed E-state index contributed by atoms with van der Waals surface area (Å²) in [5, 5.41) is 0. The van der Waals surface area contributed by atoms with Gasteiger partial charge in [-0.15, -0.1) is 11.3 Å². The van der Waals surface area contributed by atoms with Crippen LogP contribution in [0.3, 0.4) is 0 Å². The molecule has 28 heavy (non-hydrogen) atoms. The molecule has 144 valence electrons. The summed E-state index contributed by atoms with van der Waals surface area (Å²) in [4.78, 5) is 27.0. The molecule has 0 spiro atoms. The van der Waals surface area contributed by atoms with Crippen molar-refractivity contribution >= 4 is 23.1 Å². The summed E-state index contributed by atoms with van der Waals surface area (Å²) >= 11 is 1.43. The molecular weight excluding hydrogens is 379 g/mol. The molecule has 1 aliphatic heterocycles. The Balaban J connectivity index is 1.41. The molecule has 6 nitrogen and oxygen atoms in total. The number of thiophene rings is 1. The third-order valence-corrected chi connectivity index (χ3v) is 5.77. The van der Waals surface area contributed by atoms with Gasteiger partial charge >= 0.3 is 0 Å². The molecule has 0 bridgehead atoms.